The van der Waals surface area contributed by atoms with Crippen molar-refractivity contribution in [3.8, 4) is 0 Å². The number of likely N-dealkylation sites (tertiary alicyclic amines) is 2. The molecule has 0 amide bonds. The normalized spacial score (nSPS) is 39.5. The van der Waals surface area contributed by atoms with Gasteiger partial charge in [0.05, 0.1) is 0 Å². The lowest BCUT2D eigenvalue weighted by molar-refractivity contribution is 0.0308. The maximum Gasteiger partial charge on any atom is 0.0145 e. The SMILES string of the molecule is CN1CCCC2CN(CC3CCCNC3)CCC21. The van der Waals surface area contributed by atoms with Crippen LogP contribution in [0.15, 0.2) is 0 Å². The van der Waals surface area contributed by atoms with Crippen molar-refractivity contribution in [1.82, 2.24) is 15.1 Å². The highest BCUT2D eigenvalue weighted by Gasteiger charge is 2.34. The third kappa shape index (κ3) is 2.89. The molecule has 0 spiro atoms. The number of nitrogens with one attached hydrogen (secondary N) is 1. The summed E-state index contributed by atoms with van der Waals surface area (Å²) < 4.78 is 0. The molecule has 0 radical (unpaired) electrons. The highest BCUT2D eigenvalue weighted by Crippen LogP contribution is 2.30. The summed E-state index contributed by atoms with van der Waals surface area (Å²) >= 11 is 0. The molecule has 1 N–H and O–H groups in total. The summed E-state index contributed by atoms with van der Waals surface area (Å²) in [6.07, 6.45) is 7.11. The maximum absolute atomic E-state index is 3.55. The number of hydrogen-bond acceptors (Lipinski definition) is 3. The minimum Gasteiger partial charge on any atom is -0.316 e. The molecule has 18 heavy (non-hydrogen) atoms. The van der Waals surface area contributed by atoms with Crippen LogP contribution < -0.4 is 5.32 Å². The van der Waals surface area contributed by atoms with E-state index >= 15 is 0 Å². The third-order valence-corrected chi connectivity index (χ3v) is 5.35. The first-order valence-corrected chi connectivity index (χ1v) is 7.96. The molecule has 3 unspecified atom stereocenters. The van der Waals surface area contributed by atoms with E-state index < -0.39 is 0 Å². The Balaban J connectivity index is 1.50. The fourth-order valence-electron chi connectivity index (χ4n) is 4.34. The van der Waals surface area contributed by atoms with Crippen LogP contribution in [0.5, 0.6) is 0 Å². The van der Waals surface area contributed by atoms with Crippen LogP contribution in [0.1, 0.15) is 32.1 Å². The molecule has 0 aromatic carbocycles. The van der Waals surface area contributed by atoms with Crippen LogP contribution in [0, 0.1) is 11.8 Å². The molecule has 3 aliphatic rings. The van der Waals surface area contributed by atoms with Crippen LogP contribution in [0.4, 0.5) is 0 Å². The summed E-state index contributed by atoms with van der Waals surface area (Å²) in [6, 6.07) is 0.888. The first kappa shape index (κ1) is 12.9. The number of piperidine rings is 3. The summed E-state index contributed by atoms with van der Waals surface area (Å²) in [7, 11) is 2.33. The predicted octanol–water partition coefficient (Wildman–Crippen LogP) is 1.40. The predicted molar refractivity (Wildman–Crippen MR) is 75.8 cm³/mol. The quantitative estimate of drug-likeness (QED) is 0.800. The molecule has 3 aliphatic heterocycles. The lowest BCUT2D eigenvalue weighted by Crippen LogP contribution is -2.53. The smallest absolute Gasteiger partial charge is 0.0145 e. The van der Waals surface area contributed by atoms with Gasteiger partial charge in [0, 0.05) is 19.1 Å². The molecule has 0 aliphatic carbocycles. The van der Waals surface area contributed by atoms with Gasteiger partial charge in [-0.2, -0.15) is 0 Å². The third-order valence-electron chi connectivity index (χ3n) is 5.35. The van der Waals surface area contributed by atoms with E-state index in [2.05, 4.69) is 22.2 Å². The molecule has 0 aromatic rings. The summed E-state index contributed by atoms with van der Waals surface area (Å²) in [5.74, 6) is 1.87. The van der Waals surface area contributed by atoms with Gasteiger partial charge in [0.15, 0.2) is 0 Å². The molecule has 3 heteroatoms. The van der Waals surface area contributed by atoms with Gasteiger partial charge < -0.3 is 15.1 Å². The Kier molecular flexibility index (Phi) is 4.22. The maximum atomic E-state index is 3.55. The molecule has 3 saturated heterocycles. The lowest BCUT2D eigenvalue weighted by Gasteiger charge is -2.46. The molecule has 104 valence electrons. The Bertz CT molecular complexity index is 262. The fourth-order valence-corrected chi connectivity index (χ4v) is 4.34. The second-order valence-corrected chi connectivity index (χ2v) is 6.71. The Morgan fingerprint density at radius 2 is 2.06 bits per heavy atom. The zero-order valence-electron chi connectivity index (χ0n) is 11.9. The van der Waals surface area contributed by atoms with Gasteiger partial charge in [-0.05, 0) is 77.2 Å². The van der Waals surface area contributed by atoms with Crippen LogP contribution in [-0.4, -0.2) is 62.2 Å². The van der Waals surface area contributed by atoms with E-state index in [0.717, 1.165) is 17.9 Å². The highest BCUT2D eigenvalue weighted by molar-refractivity contribution is 4.90. The van der Waals surface area contributed by atoms with E-state index in [4.69, 9.17) is 0 Å². The standard InChI is InChI=1S/C15H29N3/c1-17-8-3-5-14-12-18(9-6-15(14)17)11-13-4-2-7-16-10-13/h13-16H,2-12H2,1H3. The number of fused-ring (bicyclic) bond motifs is 1. The van der Waals surface area contributed by atoms with Crippen molar-refractivity contribution < 1.29 is 0 Å². The van der Waals surface area contributed by atoms with Crippen LogP contribution in [0.3, 0.4) is 0 Å². The van der Waals surface area contributed by atoms with Crippen molar-refractivity contribution in [1.29, 1.82) is 0 Å². The molecule has 0 saturated carbocycles. The van der Waals surface area contributed by atoms with Gasteiger partial charge in [-0.1, -0.05) is 0 Å². The van der Waals surface area contributed by atoms with Crippen molar-refractivity contribution in [3.05, 3.63) is 0 Å². The Morgan fingerprint density at radius 1 is 1.11 bits per heavy atom. The summed E-state index contributed by atoms with van der Waals surface area (Å²) in [6.45, 7) is 7.87. The molecule has 3 nitrogen and oxygen atoms in total. The molecular formula is C15H29N3. The highest BCUT2D eigenvalue weighted by atomic mass is 15.2. The van der Waals surface area contributed by atoms with E-state index in [1.165, 1.54) is 71.4 Å². The lowest BCUT2D eigenvalue weighted by atomic mass is 9.83. The molecule has 0 bridgehead atoms. The Hall–Kier alpha value is -0.120. The molecule has 0 aromatic heterocycles. The Morgan fingerprint density at radius 3 is 2.89 bits per heavy atom. The van der Waals surface area contributed by atoms with Crippen molar-refractivity contribution in [2.45, 2.75) is 38.1 Å². The average molecular weight is 251 g/mol. The number of nitrogens with zero attached hydrogens (tertiary/aromatic N) is 2. The van der Waals surface area contributed by atoms with Crippen molar-refractivity contribution >= 4 is 0 Å². The zero-order chi connectivity index (χ0) is 12.4. The van der Waals surface area contributed by atoms with E-state index in [9.17, 15) is 0 Å². The molecule has 3 rings (SSSR count). The molecule has 3 atom stereocenters. The number of hydrogen-bond donors (Lipinski definition) is 1. The second-order valence-electron chi connectivity index (χ2n) is 6.71. The minimum atomic E-state index is 0.888. The van der Waals surface area contributed by atoms with Crippen LogP contribution >= 0.6 is 0 Å². The first-order chi connectivity index (χ1) is 8.83. The van der Waals surface area contributed by atoms with Crippen LogP contribution in [0.25, 0.3) is 0 Å². The topological polar surface area (TPSA) is 18.5 Å². The average Bonchev–Trinajstić information content (AvgIpc) is 2.40. The zero-order valence-corrected chi connectivity index (χ0v) is 11.9. The fraction of sp³-hybridized carbons (Fsp3) is 1.00. The summed E-state index contributed by atoms with van der Waals surface area (Å²) in [5.41, 5.74) is 0. The van der Waals surface area contributed by atoms with Crippen molar-refractivity contribution in [3.63, 3.8) is 0 Å². The van der Waals surface area contributed by atoms with Gasteiger partial charge in [0.2, 0.25) is 0 Å². The van der Waals surface area contributed by atoms with Gasteiger partial charge in [0.25, 0.3) is 0 Å². The molecule has 3 fully saturated rings. The van der Waals surface area contributed by atoms with E-state index in [1.54, 1.807) is 0 Å². The molecule has 3 heterocycles. The second kappa shape index (κ2) is 5.89. The minimum absolute atomic E-state index is 0.888. The number of rotatable bonds is 2. The Labute approximate surface area is 112 Å². The van der Waals surface area contributed by atoms with E-state index in [0.29, 0.717) is 0 Å². The van der Waals surface area contributed by atoms with E-state index in [1.807, 2.05) is 0 Å². The van der Waals surface area contributed by atoms with E-state index in [-0.39, 0.29) is 0 Å². The summed E-state index contributed by atoms with van der Waals surface area (Å²) in [5, 5.41) is 3.55. The van der Waals surface area contributed by atoms with Gasteiger partial charge >= 0.3 is 0 Å². The van der Waals surface area contributed by atoms with Crippen molar-refractivity contribution in [2.75, 3.05) is 46.3 Å². The first-order valence-electron chi connectivity index (χ1n) is 7.96. The van der Waals surface area contributed by atoms with Gasteiger partial charge in [0.1, 0.15) is 0 Å². The summed E-state index contributed by atoms with van der Waals surface area (Å²) in [4.78, 5) is 5.38. The monoisotopic (exact) mass is 251 g/mol. The van der Waals surface area contributed by atoms with Crippen LogP contribution in [-0.2, 0) is 0 Å². The van der Waals surface area contributed by atoms with Gasteiger partial charge in [-0.3, -0.25) is 0 Å². The van der Waals surface area contributed by atoms with Crippen LogP contribution in [0.2, 0.25) is 0 Å². The van der Waals surface area contributed by atoms with Gasteiger partial charge in [-0.15, -0.1) is 0 Å². The molecular weight excluding hydrogens is 222 g/mol. The van der Waals surface area contributed by atoms with Crippen molar-refractivity contribution in [2.24, 2.45) is 11.8 Å². The van der Waals surface area contributed by atoms with Gasteiger partial charge in [-0.25, -0.2) is 0 Å². The largest absolute Gasteiger partial charge is 0.316 e.